The Hall–Kier alpha value is -2.27. The molecule has 5 nitrogen and oxygen atoms in total. The molecule has 0 N–H and O–H groups in total. The van der Waals surface area contributed by atoms with Crippen LogP contribution in [0.15, 0.2) is 36.4 Å². The second-order valence-electron chi connectivity index (χ2n) is 7.12. The zero-order valence-electron chi connectivity index (χ0n) is 15.3. The van der Waals surface area contributed by atoms with Gasteiger partial charge in [0, 0.05) is 12.6 Å². The minimum atomic E-state index is 0.347. The predicted octanol–water partition coefficient (Wildman–Crippen LogP) is 3.66. The monoisotopic (exact) mass is 354 g/mol. The van der Waals surface area contributed by atoms with Gasteiger partial charge in [0.05, 0.1) is 12.8 Å². The van der Waals surface area contributed by atoms with Gasteiger partial charge in [-0.15, -0.1) is 0 Å². The van der Waals surface area contributed by atoms with Crippen LogP contribution in [0.2, 0.25) is 0 Å². The number of pyridine rings is 1. The molecule has 0 atom stereocenters. The molecule has 0 amide bonds. The zero-order valence-corrected chi connectivity index (χ0v) is 15.3. The topological polar surface area (TPSA) is 43.8 Å². The van der Waals surface area contributed by atoms with E-state index in [-0.39, 0.29) is 0 Å². The quantitative estimate of drug-likeness (QED) is 0.792. The van der Waals surface area contributed by atoms with Crippen molar-refractivity contribution in [2.75, 3.05) is 27.0 Å². The summed E-state index contributed by atoms with van der Waals surface area (Å²) in [6.45, 7) is 3.54. The van der Waals surface area contributed by atoms with Gasteiger partial charge < -0.3 is 14.2 Å². The molecule has 2 aliphatic rings. The zero-order chi connectivity index (χ0) is 17.8. The van der Waals surface area contributed by atoms with Crippen molar-refractivity contribution in [2.24, 2.45) is 5.92 Å². The minimum Gasteiger partial charge on any atom is -0.481 e. The van der Waals surface area contributed by atoms with Gasteiger partial charge in [0.2, 0.25) is 12.7 Å². The van der Waals surface area contributed by atoms with Crippen molar-refractivity contribution in [2.45, 2.75) is 32.2 Å². The van der Waals surface area contributed by atoms with Gasteiger partial charge in [0.1, 0.15) is 0 Å². The summed E-state index contributed by atoms with van der Waals surface area (Å²) in [6.07, 6.45) is 4.87. The van der Waals surface area contributed by atoms with E-state index in [2.05, 4.69) is 28.1 Å². The molecule has 4 rings (SSSR count). The number of methoxy groups -OCH3 is 1. The molecule has 2 aromatic rings. The molecule has 138 valence electrons. The third-order valence-electron chi connectivity index (χ3n) is 5.36. The number of aryl methyl sites for hydroxylation is 1. The van der Waals surface area contributed by atoms with Crippen molar-refractivity contribution < 1.29 is 14.2 Å². The lowest BCUT2D eigenvalue weighted by molar-refractivity contribution is 0.170. The van der Waals surface area contributed by atoms with Gasteiger partial charge in [0.25, 0.3) is 0 Å². The van der Waals surface area contributed by atoms with Crippen LogP contribution in [0.1, 0.15) is 30.5 Å². The Labute approximate surface area is 154 Å². The van der Waals surface area contributed by atoms with Crippen LogP contribution in [0.4, 0.5) is 0 Å². The van der Waals surface area contributed by atoms with Crippen LogP contribution in [0.5, 0.6) is 17.4 Å². The van der Waals surface area contributed by atoms with E-state index < -0.39 is 0 Å². The van der Waals surface area contributed by atoms with Gasteiger partial charge in [0.15, 0.2) is 11.5 Å². The van der Waals surface area contributed by atoms with Crippen molar-refractivity contribution >= 4 is 0 Å². The van der Waals surface area contributed by atoms with E-state index in [1.807, 2.05) is 18.2 Å². The molecule has 1 aromatic carbocycles. The third-order valence-corrected chi connectivity index (χ3v) is 5.36. The first-order valence-electron chi connectivity index (χ1n) is 9.41. The summed E-state index contributed by atoms with van der Waals surface area (Å²) in [7, 11) is 1.66. The smallest absolute Gasteiger partial charge is 0.231 e. The molecule has 0 saturated carbocycles. The summed E-state index contributed by atoms with van der Waals surface area (Å²) in [6, 6.07) is 12.3. The van der Waals surface area contributed by atoms with Crippen LogP contribution in [0, 0.1) is 5.92 Å². The summed E-state index contributed by atoms with van der Waals surface area (Å²) in [5, 5.41) is 0. The number of benzene rings is 1. The summed E-state index contributed by atoms with van der Waals surface area (Å²) in [5.74, 6) is 3.26. The van der Waals surface area contributed by atoms with Gasteiger partial charge in [-0.25, -0.2) is 4.98 Å². The van der Waals surface area contributed by atoms with Gasteiger partial charge >= 0.3 is 0 Å². The lowest BCUT2D eigenvalue weighted by atomic mass is 9.90. The molecule has 0 aliphatic carbocycles. The fourth-order valence-corrected chi connectivity index (χ4v) is 3.79. The fraction of sp³-hybridized carbons (Fsp3) is 0.476. The van der Waals surface area contributed by atoms with Crippen molar-refractivity contribution in [3.63, 3.8) is 0 Å². The summed E-state index contributed by atoms with van der Waals surface area (Å²) in [5.41, 5.74) is 2.43. The van der Waals surface area contributed by atoms with Crippen molar-refractivity contribution in [1.82, 2.24) is 9.88 Å². The summed E-state index contributed by atoms with van der Waals surface area (Å²) >= 11 is 0. The van der Waals surface area contributed by atoms with Crippen LogP contribution >= 0.6 is 0 Å². The molecule has 0 unspecified atom stereocenters. The molecule has 26 heavy (non-hydrogen) atoms. The first-order valence-corrected chi connectivity index (χ1v) is 9.41. The molecule has 1 saturated heterocycles. The molecule has 1 fully saturated rings. The number of rotatable bonds is 6. The van der Waals surface area contributed by atoms with Crippen LogP contribution in [0.25, 0.3) is 0 Å². The molecular weight excluding hydrogens is 328 g/mol. The van der Waals surface area contributed by atoms with Gasteiger partial charge in [-0.2, -0.15) is 0 Å². The van der Waals surface area contributed by atoms with Crippen LogP contribution in [-0.2, 0) is 13.0 Å². The van der Waals surface area contributed by atoms with E-state index in [9.17, 15) is 0 Å². The third kappa shape index (κ3) is 4.10. The van der Waals surface area contributed by atoms with Crippen molar-refractivity contribution in [3.8, 4) is 17.4 Å². The molecular formula is C21H26N2O3. The first kappa shape index (κ1) is 17.2. The van der Waals surface area contributed by atoms with E-state index in [1.165, 1.54) is 24.8 Å². The number of nitrogens with zero attached hydrogens (tertiary/aromatic N) is 2. The Balaban J connectivity index is 1.23. The molecule has 0 radical (unpaired) electrons. The molecule has 1 aromatic heterocycles. The highest BCUT2D eigenvalue weighted by atomic mass is 16.7. The molecule has 3 heterocycles. The predicted molar refractivity (Wildman–Crippen MR) is 99.7 cm³/mol. The highest BCUT2D eigenvalue weighted by Crippen LogP contribution is 2.33. The van der Waals surface area contributed by atoms with Crippen molar-refractivity contribution in [3.05, 3.63) is 47.7 Å². The lowest BCUT2D eigenvalue weighted by Crippen LogP contribution is -2.33. The van der Waals surface area contributed by atoms with Gasteiger partial charge in [-0.1, -0.05) is 12.1 Å². The number of aromatic nitrogens is 1. The second kappa shape index (κ2) is 7.96. The molecule has 0 spiro atoms. The maximum atomic E-state index is 5.47. The molecule has 5 heteroatoms. The Morgan fingerprint density at radius 1 is 1.12 bits per heavy atom. The summed E-state index contributed by atoms with van der Waals surface area (Å²) < 4.78 is 16.1. The number of piperidine rings is 1. The maximum absolute atomic E-state index is 5.47. The van der Waals surface area contributed by atoms with Crippen molar-refractivity contribution in [1.29, 1.82) is 0 Å². The Bertz CT molecular complexity index is 742. The van der Waals surface area contributed by atoms with Gasteiger partial charge in [-0.3, -0.25) is 4.90 Å². The van der Waals surface area contributed by atoms with Gasteiger partial charge in [-0.05, 0) is 68.5 Å². The second-order valence-corrected chi connectivity index (χ2v) is 7.12. The fourth-order valence-electron chi connectivity index (χ4n) is 3.79. The maximum Gasteiger partial charge on any atom is 0.231 e. The minimum absolute atomic E-state index is 0.347. The normalized spacial score (nSPS) is 17.4. The summed E-state index contributed by atoms with van der Waals surface area (Å²) in [4.78, 5) is 7.02. The average molecular weight is 354 g/mol. The van der Waals surface area contributed by atoms with E-state index in [0.717, 1.165) is 49.2 Å². The lowest BCUT2D eigenvalue weighted by Gasteiger charge is -2.31. The number of hydrogen-bond donors (Lipinski definition) is 0. The Kier molecular flexibility index (Phi) is 5.25. The average Bonchev–Trinajstić information content (AvgIpc) is 3.15. The number of ether oxygens (including phenoxy) is 3. The number of hydrogen-bond acceptors (Lipinski definition) is 5. The number of likely N-dealkylation sites (tertiary alicyclic amines) is 1. The Morgan fingerprint density at radius 2 is 1.96 bits per heavy atom. The highest BCUT2D eigenvalue weighted by Gasteiger charge is 2.20. The SMILES string of the molecule is COc1cccc(CN2CCC(CCc3ccc4c(c3)OCO4)CC2)n1. The number of fused-ring (bicyclic) bond motifs is 1. The van der Waals surface area contributed by atoms with Crippen LogP contribution in [0.3, 0.4) is 0 Å². The molecule has 0 bridgehead atoms. The van der Waals surface area contributed by atoms with E-state index >= 15 is 0 Å². The van der Waals surface area contributed by atoms with E-state index in [0.29, 0.717) is 12.7 Å². The van der Waals surface area contributed by atoms with E-state index in [1.54, 1.807) is 7.11 Å². The largest absolute Gasteiger partial charge is 0.481 e. The highest BCUT2D eigenvalue weighted by molar-refractivity contribution is 5.44. The standard InChI is InChI=1S/C21H26N2O3/c1-24-21-4-2-3-18(22-21)14-23-11-9-16(10-12-23)5-6-17-7-8-19-20(13-17)26-15-25-19/h2-4,7-8,13,16H,5-6,9-12,14-15H2,1H3. The Morgan fingerprint density at radius 3 is 2.81 bits per heavy atom. The van der Waals surface area contributed by atoms with Crippen LogP contribution < -0.4 is 14.2 Å². The van der Waals surface area contributed by atoms with Crippen LogP contribution in [-0.4, -0.2) is 36.9 Å². The first-order chi connectivity index (χ1) is 12.8. The molecule has 2 aliphatic heterocycles. The van der Waals surface area contributed by atoms with E-state index in [4.69, 9.17) is 14.2 Å².